The topological polar surface area (TPSA) is 86.9 Å². The molecule has 0 aliphatic rings. The van der Waals surface area contributed by atoms with Crippen LogP contribution < -0.4 is 10.9 Å². The van der Waals surface area contributed by atoms with E-state index >= 15 is 0 Å². The van der Waals surface area contributed by atoms with Gasteiger partial charge in [0.2, 0.25) is 5.91 Å². The number of H-pyrrole nitrogens is 1. The molecule has 0 fully saturated rings. The van der Waals surface area contributed by atoms with E-state index in [4.69, 9.17) is 28.2 Å². The van der Waals surface area contributed by atoms with E-state index in [0.717, 1.165) is 38.8 Å². The van der Waals surface area contributed by atoms with Gasteiger partial charge in [-0.3, -0.25) is 20.4 Å². The van der Waals surface area contributed by atoms with Crippen LogP contribution in [0.5, 0.6) is 0 Å². The number of hydrogen-bond acceptors (Lipinski definition) is 3. The number of hydrogen-bond donors (Lipinski definition) is 3. The Morgan fingerprint density at radius 2 is 1.78 bits per heavy atom. The van der Waals surface area contributed by atoms with E-state index < -0.39 is 5.91 Å². The number of hydrazine groups is 1. The summed E-state index contributed by atoms with van der Waals surface area (Å²) >= 11 is 11.9. The molecule has 186 valence electrons. The number of fused-ring (bicyclic) bond motifs is 2. The number of benzene rings is 3. The second kappa shape index (κ2) is 10.6. The number of halogens is 3. The number of pyridine rings is 1. The van der Waals surface area contributed by atoms with Crippen molar-refractivity contribution < 1.29 is 14.0 Å². The molecular weight excluding hydrogens is 514 g/mol. The highest BCUT2D eigenvalue weighted by Gasteiger charge is 2.17. The van der Waals surface area contributed by atoms with Gasteiger partial charge >= 0.3 is 0 Å². The van der Waals surface area contributed by atoms with Gasteiger partial charge in [-0.15, -0.1) is 0 Å². The molecule has 0 atom stereocenters. The zero-order valence-corrected chi connectivity index (χ0v) is 21.0. The van der Waals surface area contributed by atoms with Crippen molar-refractivity contribution in [1.29, 1.82) is 0 Å². The first kappa shape index (κ1) is 24.7. The van der Waals surface area contributed by atoms with Crippen LogP contribution in [0.15, 0.2) is 72.8 Å². The highest BCUT2D eigenvalue weighted by Crippen LogP contribution is 2.32. The lowest BCUT2D eigenvalue weighted by Crippen LogP contribution is -2.41. The molecule has 5 rings (SSSR count). The first-order chi connectivity index (χ1) is 17.9. The molecule has 9 heteroatoms. The fourth-order valence-electron chi connectivity index (χ4n) is 4.26. The summed E-state index contributed by atoms with van der Waals surface area (Å²) in [6.45, 7) is 0. The van der Waals surface area contributed by atoms with Gasteiger partial charge in [-0.1, -0.05) is 47.5 Å². The van der Waals surface area contributed by atoms with E-state index in [1.165, 1.54) is 30.3 Å². The SMILES string of the molecule is O=C(CCCc1c(-c2ccc3ccccc3n2)[nH]c2ccc(F)cc12)NNC(=O)c1ccc(Cl)cc1Cl. The number of carbonyl (C=O) groups is 2. The van der Waals surface area contributed by atoms with Crippen LogP contribution in [0.2, 0.25) is 10.0 Å². The second-order valence-electron chi connectivity index (χ2n) is 8.54. The van der Waals surface area contributed by atoms with Crippen LogP contribution in [0, 0.1) is 5.82 Å². The number of aromatic amines is 1. The molecule has 0 spiro atoms. The summed E-state index contributed by atoms with van der Waals surface area (Å²) in [6.07, 6.45) is 1.10. The van der Waals surface area contributed by atoms with Gasteiger partial charge in [-0.2, -0.15) is 0 Å². The maximum atomic E-state index is 14.1. The molecule has 2 heterocycles. The quantitative estimate of drug-likeness (QED) is 0.214. The molecule has 0 radical (unpaired) electrons. The summed E-state index contributed by atoms with van der Waals surface area (Å²) in [6, 6.07) is 20.8. The molecular formula is C28H21Cl2FN4O2. The molecule has 0 saturated heterocycles. The van der Waals surface area contributed by atoms with Crippen molar-refractivity contribution in [3.63, 3.8) is 0 Å². The summed E-state index contributed by atoms with van der Waals surface area (Å²) in [5.74, 6) is -1.26. The Morgan fingerprint density at radius 1 is 0.946 bits per heavy atom. The Kier molecular flexibility index (Phi) is 7.08. The molecule has 0 saturated carbocycles. The molecule has 0 aliphatic heterocycles. The smallest absolute Gasteiger partial charge is 0.271 e. The van der Waals surface area contributed by atoms with E-state index in [1.54, 1.807) is 6.07 Å². The Hall–Kier alpha value is -3.94. The summed E-state index contributed by atoms with van der Waals surface area (Å²) in [5.41, 5.74) is 9.01. The minimum atomic E-state index is -0.549. The number of amides is 2. The lowest BCUT2D eigenvalue weighted by Gasteiger charge is -2.09. The van der Waals surface area contributed by atoms with Crippen molar-refractivity contribution >= 4 is 56.8 Å². The van der Waals surface area contributed by atoms with Gasteiger partial charge in [-0.25, -0.2) is 9.37 Å². The number of nitrogens with zero attached hydrogens (tertiary/aromatic N) is 1. The van der Waals surface area contributed by atoms with Gasteiger partial charge < -0.3 is 4.98 Å². The van der Waals surface area contributed by atoms with Gasteiger partial charge in [-0.05, 0) is 66.9 Å². The summed E-state index contributed by atoms with van der Waals surface area (Å²) in [5, 5.41) is 2.35. The number of carbonyl (C=O) groups excluding carboxylic acids is 2. The third-order valence-corrected chi connectivity index (χ3v) is 6.59. The zero-order chi connectivity index (χ0) is 25.9. The first-order valence-corrected chi connectivity index (χ1v) is 12.3. The highest BCUT2D eigenvalue weighted by atomic mass is 35.5. The number of aryl methyl sites for hydroxylation is 1. The summed E-state index contributed by atoms with van der Waals surface area (Å²) in [4.78, 5) is 32.9. The standard InChI is InChI=1S/C28H21Cl2FN4O2/c29-17-9-11-20(22(30)14-17)28(37)35-34-26(36)7-3-5-19-21-15-18(31)10-13-24(21)33-27(19)25-12-8-16-4-1-2-6-23(16)32-25/h1-2,4,6,8-15,33H,3,5,7H2,(H,34,36)(H,35,37). The van der Waals surface area contributed by atoms with Crippen molar-refractivity contribution in [2.24, 2.45) is 0 Å². The maximum Gasteiger partial charge on any atom is 0.271 e. The largest absolute Gasteiger partial charge is 0.353 e. The van der Waals surface area contributed by atoms with Crippen LogP contribution >= 0.6 is 23.2 Å². The number of nitrogens with one attached hydrogen (secondary N) is 3. The Balaban J connectivity index is 1.30. The average Bonchev–Trinajstić information content (AvgIpc) is 3.24. The fraction of sp³-hybridized carbons (Fsp3) is 0.107. The monoisotopic (exact) mass is 534 g/mol. The number of para-hydroxylation sites is 1. The first-order valence-electron chi connectivity index (χ1n) is 11.6. The van der Waals surface area contributed by atoms with Crippen molar-refractivity contribution in [2.75, 3.05) is 0 Å². The molecule has 37 heavy (non-hydrogen) atoms. The minimum absolute atomic E-state index is 0.140. The number of rotatable bonds is 6. The van der Waals surface area contributed by atoms with Crippen LogP contribution in [0.4, 0.5) is 4.39 Å². The Labute approximate surface area is 221 Å². The molecule has 0 aliphatic carbocycles. The molecule has 6 nitrogen and oxygen atoms in total. The molecule has 0 unspecified atom stereocenters. The highest BCUT2D eigenvalue weighted by molar-refractivity contribution is 6.36. The number of aromatic nitrogens is 2. The predicted octanol–water partition coefficient (Wildman–Crippen LogP) is 6.61. The minimum Gasteiger partial charge on any atom is -0.353 e. The molecule has 2 amide bonds. The van der Waals surface area contributed by atoms with Crippen LogP contribution in [0.1, 0.15) is 28.8 Å². The van der Waals surface area contributed by atoms with Crippen molar-refractivity contribution in [2.45, 2.75) is 19.3 Å². The zero-order valence-electron chi connectivity index (χ0n) is 19.4. The van der Waals surface area contributed by atoms with Crippen LogP contribution in [0.25, 0.3) is 33.2 Å². The molecule has 5 aromatic rings. The van der Waals surface area contributed by atoms with E-state index in [1.807, 2.05) is 36.4 Å². The van der Waals surface area contributed by atoms with Gasteiger partial charge in [0.25, 0.3) is 5.91 Å². The molecule has 3 aromatic carbocycles. The summed E-state index contributed by atoms with van der Waals surface area (Å²) in [7, 11) is 0. The fourth-order valence-corrected chi connectivity index (χ4v) is 4.75. The third kappa shape index (κ3) is 5.43. The molecule has 3 N–H and O–H groups in total. The summed E-state index contributed by atoms with van der Waals surface area (Å²) < 4.78 is 14.1. The molecule has 2 aromatic heterocycles. The van der Waals surface area contributed by atoms with Crippen molar-refractivity contribution in [3.05, 3.63) is 99.8 Å². The Bertz CT molecular complexity index is 1650. The lowest BCUT2D eigenvalue weighted by molar-refractivity contribution is -0.121. The van der Waals surface area contributed by atoms with E-state index in [-0.39, 0.29) is 28.7 Å². The predicted molar refractivity (Wildman–Crippen MR) is 144 cm³/mol. The van der Waals surface area contributed by atoms with Crippen molar-refractivity contribution in [1.82, 2.24) is 20.8 Å². The average molecular weight is 535 g/mol. The maximum absolute atomic E-state index is 14.1. The van der Waals surface area contributed by atoms with Crippen LogP contribution in [-0.2, 0) is 11.2 Å². The van der Waals surface area contributed by atoms with Crippen LogP contribution in [0.3, 0.4) is 0 Å². The van der Waals surface area contributed by atoms with Crippen molar-refractivity contribution in [3.8, 4) is 11.4 Å². The van der Waals surface area contributed by atoms with Gasteiger partial charge in [0.15, 0.2) is 0 Å². The van der Waals surface area contributed by atoms with Gasteiger partial charge in [0.1, 0.15) is 5.82 Å². The Morgan fingerprint density at radius 3 is 2.62 bits per heavy atom. The lowest BCUT2D eigenvalue weighted by atomic mass is 10.0. The third-order valence-electron chi connectivity index (χ3n) is 6.04. The second-order valence-corrected chi connectivity index (χ2v) is 9.38. The van der Waals surface area contributed by atoms with E-state index in [2.05, 4.69) is 15.8 Å². The van der Waals surface area contributed by atoms with Gasteiger partial charge in [0.05, 0.1) is 27.5 Å². The molecule has 0 bridgehead atoms. The van der Waals surface area contributed by atoms with E-state index in [9.17, 15) is 14.0 Å². The van der Waals surface area contributed by atoms with E-state index in [0.29, 0.717) is 17.9 Å². The normalized spacial score (nSPS) is 11.1. The van der Waals surface area contributed by atoms with Gasteiger partial charge in [0, 0.05) is 27.7 Å². The van der Waals surface area contributed by atoms with Crippen LogP contribution in [-0.4, -0.2) is 21.8 Å².